The van der Waals surface area contributed by atoms with E-state index in [1.54, 1.807) is 0 Å². The van der Waals surface area contributed by atoms with E-state index in [0.717, 1.165) is 12.8 Å². The summed E-state index contributed by atoms with van der Waals surface area (Å²) in [4.78, 5) is 0. The summed E-state index contributed by atoms with van der Waals surface area (Å²) in [6, 6.07) is 0. The summed E-state index contributed by atoms with van der Waals surface area (Å²) >= 11 is 0. The molecule has 2 bridgehead atoms. The number of halogens is 3. The molecule has 88 valence electrons. The van der Waals surface area contributed by atoms with Gasteiger partial charge in [-0.25, -0.2) is 0 Å². The number of fused-ring (bicyclic) bond motifs is 2. The highest BCUT2D eigenvalue weighted by Crippen LogP contribution is 2.54. The summed E-state index contributed by atoms with van der Waals surface area (Å²) in [5, 5.41) is 9.96. The van der Waals surface area contributed by atoms with Crippen LogP contribution in [0.3, 0.4) is 0 Å². The molecule has 2 saturated carbocycles. The third-order valence-electron chi connectivity index (χ3n) is 4.30. The second-order valence-electron chi connectivity index (χ2n) is 5.19. The van der Waals surface area contributed by atoms with Gasteiger partial charge in [-0.15, -0.1) is 0 Å². The van der Waals surface area contributed by atoms with Crippen LogP contribution in [0.25, 0.3) is 0 Å². The Kier molecular flexibility index (Phi) is 2.53. The molecule has 0 aromatic carbocycles. The van der Waals surface area contributed by atoms with Crippen LogP contribution in [0.2, 0.25) is 0 Å². The molecule has 1 nitrogen and oxygen atoms in total. The Morgan fingerprint density at radius 2 is 1.87 bits per heavy atom. The molecule has 2 aliphatic rings. The molecule has 2 aliphatic carbocycles. The van der Waals surface area contributed by atoms with Crippen LogP contribution in [-0.4, -0.2) is 16.9 Å². The fourth-order valence-corrected chi connectivity index (χ4v) is 3.50. The largest absolute Gasteiger partial charge is 0.417 e. The van der Waals surface area contributed by atoms with Gasteiger partial charge in [-0.3, -0.25) is 0 Å². The maximum absolute atomic E-state index is 12.9. The monoisotopic (exact) mass is 222 g/mol. The SMILES string of the molecule is CC1CC2CCCC(C2)C1(O)C(F)(F)F. The van der Waals surface area contributed by atoms with E-state index >= 15 is 0 Å². The molecule has 2 fully saturated rings. The first-order valence-electron chi connectivity index (χ1n) is 5.64. The standard InChI is InChI=1S/C11H17F3O/c1-7-5-8-3-2-4-9(6-8)10(7,15)11(12,13)14/h7-9,15H,2-6H2,1H3. The number of hydrogen-bond donors (Lipinski definition) is 1. The summed E-state index contributed by atoms with van der Waals surface area (Å²) < 4.78 is 38.7. The number of hydrogen-bond acceptors (Lipinski definition) is 1. The van der Waals surface area contributed by atoms with E-state index in [2.05, 4.69) is 0 Å². The van der Waals surface area contributed by atoms with Gasteiger partial charge in [0.25, 0.3) is 0 Å². The lowest BCUT2D eigenvalue weighted by Crippen LogP contribution is -2.59. The van der Waals surface area contributed by atoms with Crippen molar-refractivity contribution in [2.75, 3.05) is 0 Å². The second kappa shape index (κ2) is 3.37. The van der Waals surface area contributed by atoms with Crippen molar-refractivity contribution in [1.29, 1.82) is 0 Å². The number of rotatable bonds is 0. The zero-order valence-electron chi connectivity index (χ0n) is 8.85. The first-order chi connectivity index (χ1) is 6.85. The van der Waals surface area contributed by atoms with Crippen LogP contribution in [0.4, 0.5) is 13.2 Å². The minimum Gasteiger partial charge on any atom is -0.380 e. The molecule has 4 atom stereocenters. The molecule has 15 heavy (non-hydrogen) atoms. The first-order valence-corrected chi connectivity index (χ1v) is 5.64. The van der Waals surface area contributed by atoms with Gasteiger partial charge in [-0.05, 0) is 37.0 Å². The second-order valence-corrected chi connectivity index (χ2v) is 5.19. The molecule has 0 aromatic rings. The van der Waals surface area contributed by atoms with Crippen molar-refractivity contribution in [2.24, 2.45) is 17.8 Å². The molecule has 0 aromatic heterocycles. The van der Waals surface area contributed by atoms with Gasteiger partial charge in [0.15, 0.2) is 5.60 Å². The van der Waals surface area contributed by atoms with E-state index in [-0.39, 0.29) is 0 Å². The van der Waals surface area contributed by atoms with Crippen LogP contribution >= 0.6 is 0 Å². The molecular weight excluding hydrogens is 205 g/mol. The lowest BCUT2D eigenvalue weighted by molar-refractivity contribution is -0.313. The number of aliphatic hydroxyl groups is 1. The van der Waals surface area contributed by atoms with Crippen molar-refractivity contribution in [1.82, 2.24) is 0 Å². The van der Waals surface area contributed by atoms with Gasteiger partial charge in [0.1, 0.15) is 0 Å². The number of alkyl halides is 3. The van der Waals surface area contributed by atoms with Crippen molar-refractivity contribution in [3.05, 3.63) is 0 Å². The summed E-state index contributed by atoms with van der Waals surface area (Å²) in [5.74, 6) is -0.817. The minimum atomic E-state index is -4.47. The third kappa shape index (κ3) is 1.57. The predicted octanol–water partition coefficient (Wildman–Crippen LogP) is 3.13. The van der Waals surface area contributed by atoms with E-state index in [1.807, 2.05) is 0 Å². The van der Waals surface area contributed by atoms with Gasteiger partial charge >= 0.3 is 6.18 Å². The van der Waals surface area contributed by atoms with Gasteiger partial charge in [0.05, 0.1) is 0 Å². The smallest absolute Gasteiger partial charge is 0.380 e. The normalized spacial score (nSPS) is 46.6. The van der Waals surface area contributed by atoms with E-state index < -0.39 is 23.6 Å². The van der Waals surface area contributed by atoms with E-state index in [9.17, 15) is 18.3 Å². The van der Waals surface area contributed by atoms with Crippen LogP contribution < -0.4 is 0 Å². The molecule has 0 aliphatic heterocycles. The summed E-state index contributed by atoms with van der Waals surface area (Å²) in [6.45, 7) is 1.54. The molecule has 0 radical (unpaired) electrons. The highest BCUT2D eigenvalue weighted by atomic mass is 19.4. The molecular formula is C11H17F3O. The van der Waals surface area contributed by atoms with Crippen molar-refractivity contribution in [3.8, 4) is 0 Å². The maximum Gasteiger partial charge on any atom is 0.417 e. The zero-order valence-corrected chi connectivity index (χ0v) is 8.85. The lowest BCUT2D eigenvalue weighted by Gasteiger charge is -2.50. The van der Waals surface area contributed by atoms with Gasteiger partial charge in [-0.1, -0.05) is 19.8 Å². The Hall–Kier alpha value is -0.250. The Morgan fingerprint density at radius 1 is 1.20 bits per heavy atom. The summed E-state index contributed by atoms with van der Waals surface area (Å²) in [7, 11) is 0. The summed E-state index contributed by atoms with van der Waals surface area (Å²) in [6.07, 6.45) is -1.00. The van der Waals surface area contributed by atoms with Crippen molar-refractivity contribution in [2.45, 2.75) is 50.8 Å². The van der Waals surface area contributed by atoms with Gasteiger partial charge in [0.2, 0.25) is 0 Å². The Morgan fingerprint density at radius 3 is 2.47 bits per heavy atom. The molecule has 0 saturated heterocycles. The predicted molar refractivity (Wildman–Crippen MR) is 50.2 cm³/mol. The van der Waals surface area contributed by atoms with Crippen LogP contribution in [0.15, 0.2) is 0 Å². The Labute approximate surface area is 87.7 Å². The Bertz CT molecular complexity index is 249. The lowest BCUT2D eigenvalue weighted by atomic mass is 9.60. The third-order valence-corrected chi connectivity index (χ3v) is 4.30. The molecule has 4 unspecified atom stereocenters. The topological polar surface area (TPSA) is 20.2 Å². The maximum atomic E-state index is 12.9. The molecule has 0 amide bonds. The quantitative estimate of drug-likeness (QED) is 0.667. The average Bonchev–Trinajstić information content (AvgIpc) is 2.13. The van der Waals surface area contributed by atoms with Crippen LogP contribution in [0, 0.1) is 17.8 Å². The first kappa shape index (κ1) is 11.2. The van der Waals surface area contributed by atoms with E-state index in [1.165, 1.54) is 6.92 Å². The molecule has 4 heteroatoms. The highest BCUT2D eigenvalue weighted by Gasteiger charge is 2.63. The highest BCUT2D eigenvalue weighted by molar-refractivity contribution is 5.03. The molecule has 1 N–H and O–H groups in total. The molecule has 0 spiro atoms. The Balaban J connectivity index is 2.29. The molecule has 2 rings (SSSR count). The van der Waals surface area contributed by atoms with Crippen molar-refractivity contribution >= 4 is 0 Å². The van der Waals surface area contributed by atoms with Crippen LogP contribution in [-0.2, 0) is 0 Å². The minimum absolute atomic E-state index is 0.404. The van der Waals surface area contributed by atoms with Crippen LogP contribution in [0.1, 0.15) is 39.0 Å². The molecule has 0 heterocycles. The van der Waals surface area contributed by atoms with Crippen LogP contribution in [0.5, 0.6) is 0 Å². The van der Waals surface area contributed by atoms with E-state index in [4.69, 9.17) is 0 Å². The van der Waals surface area contributed by atoms with Gasteiger partial charge in [0, 0.05) is 0 Å². The fourth-order valence-electron chi connectivity index (χ4n) is 3.50. The fraction of sp³-hybridized carbons (Fsp3) is 1.00. The van der Waals surface area contributed by atoms with Gasteiger partial charge in [-0.2, -0.15) is 13.2 Å². The average molecular weight is 222 g/mol. The van der Waals surface area contributed by atoms with Crippen molar-refractivity contribution in [3.63, 3.8) is 0 Å². The van der Waals surface area contributed by atoms with Crippen molar-refractivity contribution < 1.29 is 18.3 Å². The summed E-state index contributed by atoms with van der Waals surface area (Å²) in [5.41, 5.74) is -2.43. The van der Waals surface area contributed by atoms with E-state index in [0.29, 0.717) is 25.2 Å². The van der Waals surface area contributed by atoms with Gasteiger partial charge < -0.3 is 5.11 Å². The zero-order chi connectivity index (χ0) is 11.3.